The SMILES string of the molecule is CCOC(=O)C(C(=O)OC)c1cn(C(=O)OC(C)(C)C)c2ccccc12. The predicted octanol–water partition coefficient (Wildman–Crippen LogP) is 3.24. The van der Waals surface area contributed by atoms with Crippen molar-refractivity contribution in [3.63, 3.8) is 0 Å². The largest absolute Gasteiger partial charge is 0.468 e. The Bertz CT molecular complexity index is 830. The zero-order valence-electron chi connectivity index (χ0n) is 15.6. The van der Waals surface area contributed by atoms with Crippen molar-refractivity contribution in [2.75, 3.05) is 13.7 Å². The van der Waals surface area contributed by atoms with Crippen LogP contribution < -0.4 is 0 Å². The normalized spacial score (nSPS) is 12.5. The molecule has 140 valence electrons. The lowest BCUT2D eigenvalue weighted by atomic mass is 9.99. The van der Waals surface area contributed by atoms with Gasteiger partial charge in [-0.05, 0) is 33.8 Å². The Morgan fingerprint density at radius 2 is 1.77 bits per heavy atom. The van der Waals surface area contributed by atoms with Gasteiger partial charge in [-0.2, -0.15) is 0 Å². The third kappa shape index (κ3) is 4.04. The molecule has 0 spiro atoms. The Morgan fingerprint density at radius 3 is 2.35 bits per heavy atom. The lowest BCUT2D eigenvalue weighted by molar-refractivity contribution is -0.155. The van der Waals surface area contributed by atoms with E-state index < -0.39 is 29.6 Å². The number of para-hydroxylation sites is 1. The molecule has 1 heterocycles. The molecule has 7 nitrogen and oxygen atoms in total. The first-order valence-electron chi connectivity index (χ1n) is 8.27. The van der Waals surface area contributed by atoms with Crippen molar-refractivity contribution in [3.8, 4) is 0 Å². The van der Waals surface area contributed by atoms with Crippen LogP contribution in [-0.2, 0) is 23.8 Å². The molecule has 1 unspecified atom stereocenters. The molecule has 2 aromatic rings. The molecule has 0 fully saturated rings. The number of hydrogen-bond acceptors (Lipinski definition) is 6. The van der Waals surface area contributed by atoms with E-state index in [1.807, 2.05) is 0 Å². The van der Waals surface area contributed by atoms with Crippen molar-refractivity contribution in [3.05, 3.63) is 36.0 Å². The van der Waals surface area contributed by atoms with E-state index in [9.17, 15) is 14.4 Å². The highest BCUT2D eigenvalue weighted by atomic mass is 16.6. The van der Waals surface area contributed by atoms with E-state index in [-0.39, 0.29) is 6.61 Å². The molecule has 26 heavy (non-hydrogen) atoms. The summed E-state index contributed by atoms with van der Waals surface area (Å²) in [5, 5.41) is 0.571. The minimum Gasteiger partial charge on any atom is -0.468 e. The van der Waals surface area contributed by atoms with E-state index in [4.69, 9.17) is 14.2 Å². The van der Waals surface area contributed by atoms with Crippen LogP contribution in [0.4, 0.5) is 4.79 Å². The average molecular weight is 361 g/mol. The molecule has 1 aromatic heterocycles. The molecule has 2 rings (SSSR count). The van der Waals surface area contributed by atoms with Gasteiger partial charge in [-0.15, -0.1) is 0 Å². The van der Waals surface area contributed by atoms with Gasteiger partial charge in [0.15, 0.2) is 5.92 Å². The second-order valence-electron chi connectivity index (χ2n) is 6.66. The molecule has 0 bridgehead atoms. The maximum atomic E-state index is 12.6. The molecule has 0 amide bonds. The second kappa shape index (κ2) is 7.59. The van der Waals surface area contributed by atoms with Crippen molar-refractivity contribution in [2.24, 2.45) is 0 Å². The number of carbonyl (C=O) groups excluding carboxylic acids is 3. The van der Waals surface area contributed by atoms with Gasteiger partial charge in [0, 0.05) is 17.1 Å². The first-order valence-corrected chi connectivity index (χ1v) is 8.27. The summed E-state index contributed by atoms with van der Waals surface area (Å²) in [7, 11) is 1.20. The molecule has 7 heteroatoms. The summed E-state index contributed by atoms with van der Waals surface area (Å²) in [5.41, 5.74) is 0.164. The van der Waals surface area contributed by atoms with E-state index in [1.54, 1.807) is 52.0 Å². The van der Waals surface area contributed by atoms with Crippen molar-refractivity contribution >= 4 is 28.9 Å². The summed E-state index contributed by atoms with van der Waals surface area (Å²) in [6.45, 7) is 7.04. The highest BCUT2D eigenvalue weighted by Gasteiger charge is 2.34. The number of rotatable bonds is 4. The van der Waals surface area contributed by atoms with Crippen LogP contribution >= 0.6 is 0 Å². The van der Waals surface area contributed by atoms with Crippen molar-refractivity contribution < 1.29 is 28.6 Å². The van der Waals surface area contributed by atoms with Crippen molar-refractivity contribution in [1.82, 2.24) is 4.57 Å². The van der Waals surface area contributed by atoms with Crippen LogP contribution in [0.25, 0.3) is 10.9 Å². The molecule has 0 aliphatic carbocycles. The highest BCUT2D eigenvalue weighted by molar-refractivity contribution is 6.06. The van der Waals surface area contributed by atoms with Crippen LogP contribution in [0, 0.1) is 0 Å². The minimum atomic E-state index is -1.28. The van der Waals surface area contributed by atoms with Gasteiger partial charge in [-0.3, -0.25) is 14.2 Å². The first kappa shape index (κ1) is 19.5. The highest BCUT2D eigenvalue weighted by Crippen LogP contribution is 2.30. The number of methoxy groups -OCH3 is 1. The number of esters is 2. The molecule has 0 aliphatic heterocycles. The summed E-state index contributed by atoms with van der Waals surface area (Å²) in [6.07, 6.45) is 0.824. The lowest BCUT2D eigenvalue weighted by Gasteiger charge is -2.19. The molecule has 0 N–H and O–H groups in total. The van der Waals surface area contributed by atoms with E-state index >= 15 is 0 Å². The fourth-order valence-corrected chi connectivity index (χ4v) is 2.59. The number of aromatic nitrogens is 1. The Labute approximate surface area is 151 Å². The first-order chi connectivity index (χ1) is 12.2. The Kier molecular flexibility index (Phi) is 5.69. The quantitative estimate of drug-likeness (QED) is 0.472. The zero-order valence-corrected chi connectivity index (χ0v) is 15.6. The molecular formula is C19H23NO6. The zero-order chi connectivity index (χ0) is 19.5. The average Bonchev–Trinajstić information content (AvgIpc) is 2.93. The lowest BCUT2D eigenvalue weighted by Crippen LogP contribution is -2.27. The Balaban J connectivity index is 2.61. The van der Waals surface area contributed by atoms with Gasteiger partial charge in [0.1, 0.15) is 5.60 Å². The number of benzene rings is 1. The Hall–Kier alpha value is -2.83. The van der Waals surface area contributed by atoms with Gasteiger partial charge >= 0.3 is 18.0 Å². The molecule has 0 saturated heterocycles. The number of fused-ring (bicyclic) bond motifs is 1. The smallest absolute Gasteiger partial charge is 0.419 e. The summed E-state index contributed by atoms with van der Waals surface area (Å²) in [6, 6.07) is 6.94. The summed E-state index contributed by atoms with van der Waals surface area (Å²) in [4.78, 5) is 37.1. The topological polar surface area (TPSA) is 83.8 Å². The van der Waals surface area contributed by atoms with Crippen LogP contribution in [0.5, 0.6) is 0 Å². The van der Waals surface area contributed by atoms with E-state index in [2.05, 4.69) is 0 Å². The third-order valence-corrected chi connectivity index (χ3v) is 3.60. The molecule has 1 aromatic carbocycles. The van der Waals surface area contributed by atoms with Gasteiger partial charge in [0.2, 0.25) is 0 Å². The Morgan fingerprint density at radius 1 is 1.12 bits per heavy atom. The number of hydrogen-bond donors (Lipinski definition) is 0. The molecule has 0 radical (unpaired) electrons. The van der Waals surface area contributed by atoms with Crippen LogP contribution in [-0.4, -0.2) is 41.9 Å². The second-order valence-corrected chi connectivity index (χ2v) is 6.66. The minimum absolute atomic E-state index is 0.122. The van der Waals surface area contributed by atoms with E-state index in [0.29, 0.717) is 16.5 Å². The standard InChI is InChI=1S/C19H23NO6/c1-6-25-17(22)15(16(21)24-5)13-11-20(18(23)26-19(2,3)4)14-10-8-7-9-12(13)14/h7-11,15H,6H2,1-5H3. The fraction of sp³-hybridized carbons (Fsp3) is 0.421. The van der Waals surface area contributed by atoms with Crippen molar-refractivity contribution in [1.29, 1.82) is 0 Å². The maximum Gasteiger partial charge on any atom is 0.419 e. The third-order valence-electron chi connectivity index (χ3n) is 3.60. The number of carbonyl (C=O) groups is 3. The van der Waals surface area contributed by atoms with Crippen LogP contribution in [0.3, 0.4) is 0 Å². The monoisotopic (exact) mass is 361 g/mol. The van der Waals surface area contributed by atoms with Gasteiger partial charge in [-0.1, -0.05) is 18.2 Å². The van der Waals surface area contributed by atoms with Gasteiger partial charge in [-0.25, -0.2) is 4.79 Å². The summed E-state index contributed by atoms with van der Waals surface area (Å²) < 4.78 is 16.5. The number of nitrogens with zero attached hydrogens (tertiary/aromatic N) is 1. The number of ether oxygens (including phenoxy) is 3. The summed E-state index contributed by atoms with van der Waals surface area (Å²) in [5.74, 6) is -2.77. The van der Waals surface area contributed by atoms with Gasteiger partial charge < -0.3 is 14.2 Å². The van der Waals surface area contributed by atoms with E-state index in [1.165, 1.54) is 17.9 Å². The van der Waals surface area contributed by atoms with Crippen LogP contribution in [0.15, 0.2) is 30.5 Å². The fourth-order valence-electron chi connectivity index (χ4n) is 2.59. The van der Waals surface area contributed by atoms with E-state index in [0.717, 1.165) is 0 Å². The van der Waals surface area contributed by atoms with Crippen LogP contribution in [0.1, 0.15) is 39.2 Å². The molecule has 0 aliphatic rings. The molecule has 1 atom stereocenters. The van der Waals surface area contributed by atoms with Gasteiger partial charge in [0.25, 0.3) is 0 Å². The predicted molar refractivity (Wildman–Crippen MR) is 95.0 cm³/mol. The van der Waals surface area contributed by atoms with Crippen LogP contribution in [0.2, 0.25) is 0 Å². The summed E-state index contributed by atoms with van der Waals surface area (Å²) >= 11 is 0. The van der Waals surface area contributed by atoms with Gasteiger partial charge in [0.05, 0.1) is 19.2 Å². The van der Waals surface area contributed by atoms with Crippen molar-refractivity contribution in [2.45, 2.75) is 39.2 Å². The molecular weight excluding hydrogens is 338 g/mol. The maximum absolute atomic E-state index is 12.6. The molecule has 0 saturated carbocycles.